The van der Waals surface area contributed by atoms with Gasteiger partial charge in [-0.25, -0.2) is 5.43 Å². The van der Waals surface area contributed by atoms with Crippen molar-refractivity contribution in [1.29, 1.82) is 0 Å². The van der Waals surface area contributed by atoms with Crippen LogP contribution in [-0.2, 0) is 9.59 Å². The highest BCUT2D eigenvalue weighted by Gasteiger charge is 2.12. The van der Waals surface area contributed by atoms with Crippen molar-refractivity contribution in [2.45, 2.75) is 0 Å². The van der Waals surface area contributed by atoms with Crippen molar-refractivity contribution < 1.29 is 14.3 Å². The minimum absolute atomic E-state index is 0.464. The zero-order valence-electron chi connectivity index (χ0n) is 12.2. The number of rotatable bonds is 4. The van der Waals surface area contributed by atoms with Gasteiger partial charge in [-0.05, 0) is 42.0 Å². The van der Waals surface area contributed by atoms with Crippen LogP contribution < -0.4 is 15.5 Å². The molecule has 2 rings (SSSR count). The lowest BCUT2D eigenvalue weighted by atomic mass is 10.2. The maximum absolute atomic E-state index is 11.7. The van der Waals surface area contributed by atoms with Crippen LogP contribution in [0.3, 0.4) is 0 Å². The topological polar surface area (TPSA) is 79.8 Å². The van der Waals surface area contributed by atoms with E-state index in [1.165, 1.54) is 6.21 Å². The fourth-order valence-corrected chi connectivity index (χ4v) is 1.79. The predicted molar refractivity (Wildman–Crippen MR) is 88.8 cm³/mol. The molecule has 0 aliphatic carbocycles. The number of hydrazone groups is 1. The Morgan fingerprint density at radius 3 is 2.57 bits per heavy atom. The Kier molecular flexibility index (Phi) is 5.71. The Hall–Kier alpha value is -2.86. The summed E-state index contributed by atoms with van der Waals surface area (Å²) in [6.45, 7) is 0. The van der Waals surface area contributed by atoms with Crippen LogP contribution in [0.15, 0.2) is 53.6 Å². The first-order chi connectivity index (χ1) is 11.1. The lowest BCUT2D eigenvalue weighted by Crippen LogP contribution is -2.32. The molecule has 0 aliphatic rings. The number of methoxy groups -OCH3 is 1. The number of anilines is 1. The molecule has 0 saturated heterocycles. The molecule has 0 aromatic heterocycles. The van der Waals surface area contributed by atoms with E-state index in [1.54, 1.807) is 55.6 Å². The molecular weight excluding hydrogens is 318 g/mol. The van der Waals surface area contributed by atoms with Crippen LogP contribution in [0.25, 0.3) is 0 Å². The van der Waals surface area contributed by atoms with E-state index >= 15 is 0 Å². The van der Waals surface area contributed by atoms with Gasteiger partial charge < -0.3 is 10.1 Å². The number of carbonyl (C=O) groups is 2. The Labute approximate surface area is 138 Å². The third-order valence-electron chi connectivity index (χ3n) is 2.78. The van der Waals surface area contributed by atoms with Crippen molar-refractivity contribution >= 4 is 35.3 Å². The highest BCUT2D eigenvalue weighted by Crippen LogP contribution is 2.13. The van der Waals surface area contributed by atoms with E-state index in [0.29, 0.717) is 16.5 Å². The summed E-state index contributed by atoms with van der Waals surface area (Å²) in [6.07, 6.45) is 1.41. The lowest BCUT2D eigenvalue weighted by molar-refractivity contribution is -0.136. The first kappa shape index (κ1) is 16.5. The van der Waals surface area contributed by atoms with Gasteiger partial charge in [-0.2, -0.15) is 5.10 Å². The van der Waals surface area contributed by atoms with Gasteiger partial charge in [0.25, 0.3) is 0 Å². The molecule has 2 N–H and O–H groups in total. The minimum atomic E-state index is -0.876. The molecule has 0 saturated carbocycles. The first-order valence-electron chi connectivity index (χ1n) is 6.62. The average molecular weight is 332 g/mol. The predicted octanol–water partition coefficient (Wildman–Crippen LogP) is 2.44. The van der Waals surface area contributed by atoms with Gasteiger partial charge in [0.1, 0.15) is 5.75 Å². The van der Waals surface area contributed by atoms with E-state index in [2.05, 4.69) is 15.8 Å². The summed E-state index contributed by atoms with van der Waals surface area (Å²) in [5.74, 6) is -1.03. The number of carbonyl (C=O) groups excluding carboxylic acids is 2. The fraction of sp³-hybridized carbons (Fsp3) is 0.0625. The Morgan fingerprint density at radius 1 is 1.13 bits per heavy atom. The summed E-state index contributed by atoms with van der Waals surface area (Å²) in [5, 5.41) is 6.70. The number of hydrogen-bond donors (Lipinski definition) is 2. The molecule has 0 atom stereocenters. The number of nitrogens with zero attached hydrogens (tertiary/aromatic N) is 1. The molecule has 118 valence electrons. The standard InChI is InChI=1S/C16H14ClN3O3/c1-23-14-4-2-3-11(9-14)10-18-20-16(22)15(21)19-13-7-5-12(17)6-8-13/h2-10H,1H3,(H,19,21)(H,20,22). The number of amides is 2. The van der Waals surface area contributed by atoms with Crippen LogP contribution in [0.4, 0.5) is 5.69 Å². The minimum Gasteiger partial charge on any atom is -0.497 e. The highest BCUT2D eigenvalue weighted by molar-refractivity contribution is 6.39. The number of hydrogen-bond acceptors (Lipinski definition) is 4. The van der Waals surface area contributed by atoms with Crippen molar-refractivity contribution in [1.82, 2.24) is 5.43 Å². The second-order valence-corrected chi connectivity index (χ2v) is 4.87. The lowest BCUT2D eigenvalue weighted by Gasteiger charge is -2.04. The molecule has 2 aromatic rings. The quantitative estimate of drug-likeness (QED) is 0.513. The largest absolute Gasteiger partial charge is 0.497 e. The van der Waals surface area contributed by atoms with Gasteiger partial charge in [0.05, 0.1) is 13.3 Å². The van der Waals surface area contributed by atoms with Gasteiger partial charge >= 0.3 is 11.8 Å². The third kappa shape index (κ3) is 5.12. The monoisotopic (exact) mass is 331 g/mol. The summed E-state index contributed by atoms with van der Waals surface area (Å²) in [6, 6.07) is 13.5. The summed E-state index contributed by atoms with van der Waals surface area (Å²) >= 11 is 5.74. The highest BCUT2D eigenvalue weighted by atomic mass is 35.5. The molecule has 2 aromatic carbocycles. The molecule has 6 nitrogen and oxygen atoms in total. The Balaban J connectivity index is 1.89. The maximum atomic E-state index is 11.7. The molecule has 0 radical (unpaired) electrons. The molecular formula is C16H14ClN3O3. The zero-order chi connectivity index (χ0) is 16.7. The van der Waals surface area contributed by atoms with Gasteiger partial charge in [-0.1, -0.05) is 23.7 Å². The number of halogens is 1. The molecule has 7 heteroatoms. The molecule has 0 bridgehead atoms. The number of ether oxygens (including phenoxy) is 1. The first-order valence-corrected chi connectivity index (χ1v) is 7.00. The third-order valence-corrected chi connectivity index (χ3v) is 3.03. The van der Waals surface area contributed by atoms with Crippen molar-refractivity contribution in [3.8, 4) is 5.75 Å². The Bertz CT molecular complexity index is 730. The molecule has 0 aliphatic heterocycles. The van der Waals surface area contributed by atoms with Gasteiger partial charge in [-0.3, -0.25) is 9.59 Å². The summed E-state index contributed by atoms with van der Waals surface area (Å²) in [5.41, 5.74) is 3.34. The van der Waals surface area contributed by atoms with Gasteiger partial charge in [0, 0.05) is 10.7 Å². The van der Waals surface area contributed by atoms with Crippen LogP contribution >= 0.6 is 11.6 Å². The number of benzene rings is 2. The van der Waals surface area contributed by atoms with Crippen molar-refractivity contribution in [3.05, 3.63) is 59.1 Å². The van der Waals surface area contributed by atoms with Crippen LogP contribution in [-0.4, -0.2) is 25.1 Å². The molecule has 23 heavy (non-hydrogen) atoms. The van der Waals surface area contributed by atoms with Gasteiger partial charge in [0.15, 0.2) is 0 Å². The smallest absolute Gasteiger partial charge is 0.329 e. The SMILES string of the molecule is COc1cccc(C=NNC(=O)C(=O)Nc2ccc(Cl)cc2)c1. The summed E-state index contributed by atoms with van der Waals surface area (Å²) in [4.78, 5) is 23.3. The summed E-state index contributed by atoms with van der Waals surface area (Å²) in [7, 11) is 1.55. The normalized spacial score (nSPS) is 10.3. The van der Waals surface area contributed by atoms with E-state index in [4.69, 9.17) is 16.3 Å². The van der Waals surface area contributed by atoms with Gasteiger partial charge in [-0.15, -0.1) is 0 Å². The van der Waals surface area contributed by atoms with E-state index in [0.717, 1.165) is 5.56 Å². The molecule has 2 amide bonds. The fourth-order valence-electron chi connectivity index (χ4n) is 1.66. The van der Waals surface area contributed by atoms with E-state index in [-0.39, 0.29) is 0 Å². The second-order valence-electron chi connectivity index (χ2n) is 4.44. The Morgan fingerprint density at radius 2 is 1.87 bits per heavy atom. The van der Waals surface area contributed by atoms with E-state index < -0.39 is 11.8 Å². The van der Waals surface area contributed by atoms with Crippen LogP contribution in [0.2, 0.25) is 5.02 Å². The summed E-state index contributed by atoms with van der Waals surface area (Å²) < 4.78 is 5.07. The van der Waals surface area contributed by atoms with E-state index in [9.17, 15) is 9.59 Å². The maximum Gasteiger partial charge on any atom is 0.329 e. The molecule has 0 spiro atoms. The number of nitrogens with one attached hydrogen (secondary N) is 2. The van der Waals surface area contributed by atoms with Crippen molar-refractivity contribution in [3.63, 3.8) is 0 Å². The van der Waals surface area contributed by atoms with E-state index in [1.807, 2.05) is 0 Å². The van der Waals surface area contributed by atoms with Crippen LogP contribution in [0.5, 0.6) is 5.75 Å². The molecule has 0 unspecified atom stereocenters. The van der Waals surface area contributed by atoms with Crippen LogP contribution in [0.1, 0.15) is 5.56 Å². The van der Waals surface area contributed by atoms with Crippen molar-refractivity contribution in [2.75, 3.05) is 12.4 Å². The molecule has 0 heterocycles. The van der Waals surface area contributed by atoms with Gasteiger partial charge in [0.2, 0.25) is 0 Å². The molecule has 0 fully saturated rings. The van der Waals surface area contributed by atoms with Crippen LogP contribution in [0, 0.1) is 0 Å². The van der Waals surface area contributed by atoms with Crippen molar-refractivity contribution in [2.24, 2.45) is 5.10 Å². The zero-order valence-corrected chi connectivity index (χ0v) is 13.0. The second kappa shape index (κ2) is 7.95. The average Bonchev–Trinajstić information content (AvgIpc) is 2.57.